The zero-order valence-corrected chi connectivity index (χ0v) is 8.31. The van der Waals surface area contributed by atoms with Crippen LogP contribution in [0, 0.1) is 0 Å². The van der Waals surface area contributed by atoms with Crippen molar-refractivity contribution in [2.75, 3.05) is 6.54 Å². The molecule has 0 spiro atoms. The summed E-state index contributed by atoms with van der Waals surface area (Å²) in [6.07, 6.45) is 1.70. The van der Waals surface area contributed by atoms with E-state index < -0.39 is 0 Å². The molecule has 0 aromatic carbocycles. The van der Waals surface area contributed by atoms with Crippen LogP contribution in [0.3, 0.4) is 0 Å². The highest BCUT2D eigenvalue weighted by molar-refractivity contribution is 5.98. The van der Waals surface area contributed by atoms with Crippen LogP contribution in [-0.2, 0) is 4.79 Å². The largest absolute Gasteiger partial charge is 0.358 e. The SMILES string of the molecule is C=C(C)/C=C1\C(=C)NC(=C)CNC1=O. The van der Waals surface area contributed by atoms with E-state index in [1.54, 1.807) is 6.08 Å². The Morgan fingerprint density at radius 1 is 1.50 bits per heavy atom. The summed E-state index contributed by atoms with van der Waals surface area (Å²) < 4.78 is 0. The van der Waals surface area contributed by atoms with Gasteiger partial charge in [-0.3, -0.25) is 4.79 Å². The van der Waals surface area contributed by atoms with Crippen molar-refractivity contribution in [3.8, 4) is 0 Å². The van der Waals surface area contributed by atoms with Crippen molar-refractivity contribution in [3.05, 3.63) is 48.4 Å². The molecule has 74 valence electrons. The highest BCUT2D eigenvalue weighted by Gasteiger charge is 2.17. The minimum absolute atomic E-state index is 0.149. The van der Waals surface area contributed by atoms with Gasteiger partial charge in [0, 0.05) is 11.4 Å². The van der Waals surface area contributed by atoms with E-state index in [-0.39, 0.29) is 5.91 Å². The molecule has 0 radical (unpaired) electrons. The Balaban J connectivity index is 3.02. The van der Waals surface area contributed by atoms with Crippen molar-refractivity contribution in [1.82, 2.24) is 10.6 Å². The van der Waals surface area contributed by atoms with Crippen LogP contribution >= 0.6 is 0 Å². The number of carbonyl (C=O) groups excluding carboxylic acids is 1. The van der Waals surface area contributed by atoms with Gasteiger partial charge in [-0.1, -0.05) is 25.3 Å². The highest BCUT2D eigenvalue weighted by Crippen LogP contribution is 2.12. The third-order valence-electron chi connectivity index (χ3n) is 1.75. The van der Waals surface area contributed by atoms with Crippen molar-refractivity contribution < 1.29 is 4.79 Å². The molecule has 1 amide bonds. The average molecular weight is 190 g/mol. The lowest BCUT2D eigenvalue weighted by molar-refractivity contribution is -0.117. The number of hydrogen-bond acceptors (Lipinski definition) is 2. The van der Waals surface area contributed by atoms with Crippen LogP contribution in [0.2, 0.25) is 0 Å². The number of rotatable bonds is 1. The second-order valence-corrected chi connectivity index (χ2v) is 3.29. The summed E-state index contributed by atoms with van der Waals surface area (Å²) in [5, 5.41) is 5.65. The first-order chi connectivity index (χ1) is 6.50. The van der Waals surface area contributed by atoms with E-state index in [0.29, 0.717) is 17.8 Å². The minimum Gasteiger partial charge on any atom is -0.358 e. The molecule has 1 fully saturated rings. The van der Waals surface area contributed by atoms with Crippen LogP contribution in [0.4, 0.5) is 0 Å². The molecule has 1 heterocycles. The van der Waals surface area contributed by atoms with Gasteiger partial charge in [0.1, 0.15) is 0 Å². The average Bonchev–Trinajstić information content (AvgIpc) is 2.18. The maximum atomic E-state index is 11.5. The van der Waals surface area contributed by atoms with E-state index in [1.807, 2.05) is 6.92 Å². The van der Waals surface area contributed by atoms with E-state index in [2.05, 4.69) is 30.4 Å². The maximum absolute atomic E-state index is 11.5. The Kier molecular flexibility index (Phi) is 2.92. The van der Waals surface area contributed by atoms with Crippen LogP contribution in [0.25, 0.3) is 0 Å². The lowest BCUT2D eigenvalue weighted by Gasteiger charge is -2.06. The number of carbonyl (C=O) groups is 1. The van der Waals surface area contributed by atoms with Crippen LogP contribution in [0.15, 0.2) is 48.4 Å². The first-order valence-electron chi connectivity index (χ1n) is 4.30. The molecular weight excluding hydrogens is 176 g/mol. The monoisotopic (exact) mass is 190 g/mol. The highest BCUT2D eigenvalue weighted by atomic mass is 16.1. The third-order valence-corrected chi connectivity index (χ3v) is 1.75. The Labute approximate surface area is 83.9 Å². The predicted octanol–water partition coefficient (Wildman–Crippen LogP) is 1.24. The number of amides is 1. The zero-order valence-electron chi connectivity index (χ0n) is 8.31. The molecular formula is C11H14N2O. The number of hydrogen-bond donors (Lipinski definition) is 2. The van der Waals surface area contributed by atoms with Crippen LogP contribution in [0.5, 0.6) is 0 Å². The van der Waals surface area contributed by atoms with E-state index in [9.17, 15) is 4.79 Å². The maximum Gasteiger partial charge on any atom is 0.253 e. The lowest BCUT2D eigenvalue weighted by atomic mass is 10.1. The number of nitrogens with one attached hydrogen (secondary N) is 2. The zero-order chi connectivity index (χ0) is 10.7. The molecule has 0 saturated carbocycles. The fourth-order valence-corrected chi connectivity index (χ4v) is 1.14. The summed E-state index contributed by atoms with van der Waals surface area (Å²) in [5.74, 6) is -0.149. The quantitative estimate of drug-likeness (QED) is 0.611. The van der Waals surface area contributed by atoms with Gasteiger partial charge in [-0.05, 0) is 13.0 Å². The molecule has 1 aliphatic rings. The number of allylic oxidation sites excluding steroid dienone is 2. The Morgan fingerprint density at radius 3 is 2.71 bits per heavy atom. The summed E-state index contributed by atoms with van der Waals surface area (Å²) in [7, 11) is 0. The molecule has 14 heavy (non-hydrogen) atoms. The van der Waals surface area contributed by atoms with Crippen LogP contribution in [0.1, 0.15) is 6.92 Å². The van der Waals surface area contributed by atoms with Crippen LogP contribution in [-0.4, -0.2) is 12.5 Å². The van der Waals surface area contributed by atoms with Gasteiger partial charge in [0.05, 0.1) is 12.1 Å². The summed E-state index contributed by atoms with van der Waals surface area (Å²) in [5.41, 5.74) is 2.61. The van der Waals surface area contributed by atoms with Gasteiger partial charge < -0.3 is 10.6 Å². The van der Waals surface area contributed by atoms with Crippen molar-refractivity contribution in [2.45, 2.75) is 6.92 Å². The molecule has 1 saturated heterocycles. The van der Waals surface area contributed by atoms with Crippen LogP contribution < -0.4 is 10.6 Å². The molecule has 2 N–H and O–H groups in total. The van der Waals surface area contributed by atoms with Crippen molar-refractivity contribution in [3.63, 3.8) is 0 Å². The lowest BCUT2D eigenvalue weighted by Crippen LogP contribution is -2.24. The molecule has 0 aromatic rings. The standard InChI is InChI=1S/C11H14N2O/c1-7(2)5-10-9(4)13-8(3)6-12-11(10)14/h5,13H,1,3-4,6H2,2H3,(H,12,14)/b10-5+. The fourth-order valence-electron chi connectivity index (χ4n) is 1.14. The van der Waals surface area contributed by atoms with Crippen molar-refractivity contribution in [2.24, 2.45) is 0 Å². The predicted molar refractivity (Wildman–Crippen MR) is 57.3 cm³/mol. The molecule has 0 aromatic heterocycles. The van der Waals surface area contributed by atoms with Gasteiger partial charge in [-0.15, -0.1) is 0 Å². The van der Waals surface area contributed by atoms with Gasteiger partial charge in [0.25, 0.3) is 5.91 Å². The summed E-state index contributed by atoms with van der Waals surface area (Å²) in [4.78, 5) is 11.5. The van der Waals surface area contributed by atoms with Gasteiger partial charge >= 0.3 is 0 Å². The molecule has 0 atom stereocenters. The van der Waals surface area contributed by atoms with Gasteiger partial charge in [-0.25, -0.2) is 0 Å². The van der Waals surface area contributed by atoms with E-state index >= 15 is 0 Å². The second-order valence-electron chi connectivity index (χ2n) is 3.29. The van der Waals surface area contributed by atoms with E-state index in [0.717, 1.165) is 11.3 Å². The first kappa shape index (κ1) is 10.3. The molecule has 0 aliphatic carbocycles. The molecule has 3 nitrogen and oxygen atoms in total. The first-order valence-corrected chi connectivity index (χ1v) is 4.30. The summed E-state index contributed by atoms with van der Waals surface area (Å²) in [6, 6.07) is 0. The van der Waals surface area contributed by atoms with E-state index in [4.69, 9.17) is 0 Å². The summed E-state index contributed by atoms with van der Waals surface area (Å²) >= 11 is 0. The smallest absolute Gasteiger partial charge is 0.253 e. The Bertz CT molecular complexity index is 350. The molecule has 1 aliphatic heterocycles. The molecule has 0 unspecified atom stereocenters. The molecule has 1 rings (SSSR count). The fraction of sp³-hybridized carbons (Fsp3) is 0.182. The van der Waals surface area contributed by atoms with E-state index in [1.165, 1.54) is 0 Å². The molecule has 0 bridgehead atoms. The Hall–Kier alpha value is -1.77. The van der Waals surface area contributed by atoms with Gasteiger partial charge in [0.2, 0.25) is 0 Å². The second kappa shape index (κ2) is 3.96. The Morgan fingerprint density at radius 2 is 2.14 bits per heavy atom. The normalized spacial score (nSPS) is 20.1. The van der Waals surface area contributed by atoms with Gasteiger partial charge in [0.15, 0.2) is 0 Å². The van der Waals surface area contributed by atoms with Crippen molar-refractivity contribution in [1.29, 1.82) is 0 Å². The third kappa shape index (κ3) is 2.36. The van der Waals surface area contributed by atoms with Crippen molar-refractivity contribution >= 4 is 5.91 Å². The minimum atomic E-state index is -0.149. The summed E-state index contributed by atoms with van der Waals surface area (Å²) in [6.45, 7) is 13.5. The van der Waals surface area contributed by atoms with Gasteiger partial charge in [-0.2, -0.15) is 0 Å². The molecule has 3 heteroatoms. The topological polar surface area (TPSA) is 41.1 Å².